The molecule has 2 N–H and O–H groups in total. The fourth-order valence-corrected chi connectivity index (χ4v) is 3.02. The number of rotatable bonds is 6. The van der Waals surface area contributed by atoms with Crippen molar-refractivity contribution in [1.29, 1.82) is 0 Å². The molecule has 1 fully saturated rings. The van der Waals surface area contributed by atoms with Crippen LogP contribution in [0.4, 0.5) is 20.4 Å². The number of nitrogens with one attached hydrogen (secondary N) is 2. The third kappa shape index (κ3) is 3.64. The zero-order valence-corrected chi connectivity index (χ0v) is 14.3. The van der Waals surface area contributed by atoms with Crippen LogP contribution >= 0.6 is 0 Å². The SMILES string of the molecule is CN1C[C@H](Cn2ncc3ncc(Nc4cc(OC(F)F)n[nH]4)nc32)CC1=O. The van der Waals surface area contributed by atoms with Crippen LogP contribution in [0.1, 0.15) is 6.42 Å². The van der Waals surface area contributed by atoms with Gasteiger partial charge in [-0.2, -0.15) is 13.9 Å². The molecule has 0 spiro atoms. The summed E-state index contributed by atoms with van der Waals surface area (Å²) in [6.45, 7) is -1.73. The third-order valence-electron chi connectivity index (χ3n) is 4.22. The summed E-state index contributed by atoms with van der Waals surface area (Å²) < 4.78 is 30.3. The zero-order chi connectivity index (χ0) is 19.0. The first kappa shape index (κ1) is 17.1. The van der Waals surface area contributed by atoms with E-state index in [0.29, 0.717) is 42.3 Å². The number of aromatic amines is 1. The number of likely N-dealkylation sites (tertiary alicyclic amines) is 1. The summed E-state index contributed by atoms with van der Waals surface area (Å²) in [7, 11) is 1.78. The maximum atomic E-state index is 12.2. The standard InChI is InChI=1S/C15H16F2N8O2/c1-24-6-8(2-13(24)26)7-25-14-9(4-19-25)18-5-11(21-14)20-10-3-12(23-22-10)27-15(16)17/h3-5,8,15H,2,6-7H2,1H3,(H2,20,21,22,23)/t8-/m1/s1. The molecule has 12 heteroatoms. The van der Waals surface area contributed by atoms with Crippen LogP contribution in [0.2, 0.25) is 0 Å². The molecule has 1 aliphatic rings. The smallest absolute Gasteiger partial charge is 0.388 e. The summed E-state index contributed by atoms with van der Waals surface area (Å²) in [5.41, 5.74) is 1.18. The number of ether oxygens (including phenoxy) is 1. The van der Waals surface area contributed by atoms with E-state index in [4.69, 9.17) is 0 Å². The maximum absolute atomic E-state index is 12.2. The first-order valence-corrected chi connectivity index (χ1v) is 8.17. The van der Waals surface area contributed by atoms with Crippen LogP contribution in [-0.4, -0.2) is 61.0 Å². The van der Waals surface area contributed by atoms with Gasteiger partial charge in [-0.25, -0.2) is 14.6 Å². The summed E-state index contributed by atoms with van der Waals surface area (Å²) in [6, 6.07) is 1.29. The molecular formula is C15H16F2N8O2. The van der Waals surface area contributed by atoms with Gasteiger partial charge in [-0.1, -0.05) is 0 Å². The Labute approximate surface area is 151 Å². The predicted molar refractivity (Wildman–Crippen MR) is 89.6 cm³/mol. The summed E-state index contributed by atoms with van der Waals surface area (Å²) in [5.74, 6) is 0.753. The molecule has 0 bridgehead atoms. The number of aromatic nitrogens is 6. The van der Waals surface area contributed by atoms with Crippen LogP contribution in [0.15, 0.2) is 18.5 Å². The van der Waals surface area contributed by atoms with Gasteiger partial charge in [-0.15, -0.1) is 5.10 Å². The molecule has 3 aromatic heterocycles. The van der Waals surface area contributed by atoms with E-state index in [1.54, 1.807) is 22.8 Å². The Morgan fingerprint density at radius 2 is 2.30 bits per heavy atom. The van der Waals surface area contributed by atoms with Crippen molar-refractivity contribution in [2.24, 2.45) is 5.92 Å². The van der Waals surface area contributed by atoms with E-state index in [2.05, 4.69) is 35.3 Å². The van der Waals surface area contributed by atoms with Crippen molar-refractivity contribution in [3.63, 3.8) is 0 Å². The highest BCUT2D eigenvalue weighted by atomic mass is 19.3. The van der Waals surface area contributed by atoms with Crippen molar-refractivity contribution in [3.8, 4) is 5.88 Å². The second kappa shape index (κ2) is 6.78. The molecule has 142 valence electrons. The number of fused-ring (bicyclic) bond motifs is 1. The molecule has 0 unspecified atom stereocenters. The van der Waals surface area contributed by atoms with E-state index in [-0.39, 0.29) is 17.7 Å². The lowest BCUT2D eigenvalue weighted by Crippen LogP contribution is -2.20. The van der Waals surface area contributed by atoms with Crippen LogP contribution in [0.25, 0.3) is 11.2 Å². The number of carbonyl (C=O) groups excluding carboxylic acids is 1. The first-order valence-electron chi connectivity index (χ1n) is 8.17. The Hall–Kier alpha value is -3.31. The molecular weight excluding hydrogens is 362 g/mol. The lowest BCUT2D eigenvalue weighted by Gasteiger charge is -2.11. The maximum Gasteiger partial charge on any atom is 0.388 e. The quantitative estimate of drug-likeness (QED) is 0.666. The molecule has 4 rings (SSSR count). The number of alkyl halides is 2. The number of hydrogen-bond donors (Lipinski definition) is 2. The molecule has 3 aromatic rings. The molecule has 1 saturated heterocycles. The highest BCUT2D eigenvalue weighted by Crippen LogP contribution is 2.22. The summed E-state index contributed by atoms with van der Waals surface area (Å²) >= 11 is 0. The van der Waals surface area contributed by atoms with E-state index in [9.17, 15) is 13.6 Å². The van der Waals surface area contributed by atoms with Gasteiger partial charge in [0.05, 0.1) is 12.4 Å². The molecule has 1 atom stereocenters. The molecule has 0 aromatic carbocycles. The Morgan fingerprint density at radius 1 is 1.44 bits per heavy atom. The summed E-state index contributed by atoms with van der Waals surface area (Å²) in [5, 5.41) is 13.3. The van der Waals surface area contributed by atoms with Crippen LogP contribution < -0.4 is 10.1 Å². The zero-order valence-electron chi connectivity index (χ0n) is 14.3. The summed E-state index contributed by atoms with van der Waals surface area (Å²) in [6.07, 6.45) is 3.58. The van der Waals surface area contributed by atoms with Gasteiger partial charge in [0.15, 0.2) is 11.5 Å². The van der Waals surface area contributed by atoms with Gasteiger partial charge in [-0.05, 0) is 0 Å². The minimum Gasteiger partial charge on any atom is -0.415 e. The lowest BCUT2D eigenvalue weighted by molar-refractivity contribution is -0.126. The lowest BCUT2D eigenvalue weighted by atomic mass is 10.1. The molecule has 0 saturated carbocycles. The molecule has 4 heterocycles. The second-order valence-corrected chi connectivity index (χ2v) is 6.26. The van der Waals surface area contributed by atoms with Crippen molar-refractivity contribution in [1.82, 2.24) is 34.8 Å². The van der Waals surface area contributed by atoms with Crippen LogP contribution in [0, 0.1) is 5.92 Å². The monoisotopic (exact) mass is 378 g/mol. The van der Waals surface area contributed by atoms with Crippen molar-refractivity contribution >= 4 is 28.7 Å². The third-order valence-corrected chi connectivity index (χ3v) is 4.22. The van der Waals surface area contributed by atoms with Crippen molar-refractivity contribution in [2.75, 3.05) is 18.9 Å². The van der Waals surface area contributed by atoms with Gasteiger partial charge in [0, 0.05) is 38.5 Å². The normalized spacial score (nSPS) is 17.3. The van der Waals surface area contributed by atoms with Gasteiger partial charge in [0.2, 0.25) is 11.8 Å². The number of carbonyl (C=O) groups is 1. The fourth-order valence-electron chi connectivity index (χ4n) is 3.02. The minimum atomic E-state index is -2.95. The van der Waals surface area contributed by atoms with E-state index in [1.165, 1.54) is 12.3 Å². The molecule has 10 nitrogen and oxygen atoms in total. The van der Waals surface area contributed by atoms with E-state index in [0.717, 1.165) is 0 Å². The van der Waals surface area contributed by atoms with Crippen molar-refractivity contribution < 1.29 is 18.3 Å². The van der Waals surface area contributed by atoms with E-state index >= 15 is 0 Å². The Morgan fingerprint density at radius 3 is 3.04 bits per heavy atom. The van der Waals surface area contributed by atoms with E-state index in [1.807, 2.05) is 0 Å². The predicted octanol–water partition coefficient (Wildman–Crippen LogP) is 1.37. The molecule has 1 aliphatic heterocycles. The Kier molecular flexibility index (Phi) is 4.30. The number of H-pyrrole nitrogens is 1. The number of anilines is 2. The average Bonchev–Trinajstić information content (AvgIpc) is 3.29. The van der Waals surface area contributed by atoms with Crippen molar-refractivity contribution in [3.05, 3.63) is 18.5 Å². The number of halogens is 2. The van der Waals surface area contributed by atoms with Crippen LogP contribution in [0.5, 0.6) is 5.88 Å². The van der Waals surface area contributed by atoms with Gasteiger partial charge < -0.3 is 15.0 Å². The topological polar surface area (TPSA) is 114 Å². The van der Waals surface area contributed by atoms with E-state index < -0.39 is 6.61 Å². The van der Waals surface area contributed by atoms with Gasteiger partial charge in [-0.3, -0.25) is 9.89 Å². The Balaban J connectivity index is 1.51. The molecule has 0 radical (unpaired) electrons. The first-order chi connectivity index (χ1) is 13.0. The van der Waals surface area contributed by atoms with Gasteiger partial charge >= 0.3 is 6.61 Å². The average molecular weight is 378 g/mol. The second-order valence-electron chi connectivity index (χ2n) is 6.26. The summed E-state index contributed by atoms with van der Waals surface area (Å²) in [4.78, 5) is 22.2. The highest BCUT2D eigenvalue weighted by molar-refractivity contribution is 5.78. The highest BCUT2D eigenvalue weighted by Gasteiger charge is 2.27. The Bertz CT molecular complexity index is 972. The fraction of sp³-hybridized carbons (Fsp3) is 0.400. The van der Waals surface area contributed by atoms with Crippen LogP contribution in [0.3, 0.4) is 0 Å². The largest absolute Gasteiger partial charge is 0.415 e. The minimum absolute atomic E-state index is 0.117. The molecule has 1 amide bonds. The van der Waals surface area contributed by atoms with Crippen LogP contribution in [-0.2, 0) is 11.3 Å². The number of hydrogen-bond acceptors (Lipinski definition) is 7. The van der Waals surface area contributed by atoms with Gasteiger partial charge in [0.25, 0.3) is 0 Å². The molecule has 27 heavy (non-hydrogen) atoms. The van der Waals surface area contributed by atoms with Gasteiger partial charge in [0.1, 0.15) is 11.3 Å². The van der Waals surface area contributed by atoms with Crippen molar-refractivity contribution in [2.45, 2.75) is 19.6 Å². The number of amides is 1. The number of nitrogens with zero attached hydrogens (tertiary/aromatic N) is 6. The molecule has 0 aliphatic carbocycles.